The number of hydrogen-bond acceptors (Lipinski definition) is 7. The largest absolute Gasteiger partial charge is 0.379 e. The zero-order chi connectivity index (χ0) is 22.8. The van der Waals surface area contributed by atoms with E-state index in [1.807, 2.05) is 29.2 Å². The predicted octanol–water partition coefficient (Wildman–Crippen LogP) is 0.761. The van der Waals surface area contributed by atoms with Crippen molar-refractivity contribution >= 4 is 27.1 Å². The van der Waals surface area contributed by atoms with Gasteiger partial charge in [0.2, 0.25) is 5.91 Å². The van der Waals surface area contributed by atoms with Gasteiger partial charge >= 0.3 is 0 Å². The number of amides is 1. The van der Waals surface area contributed by atoms with Crippen LogP contribution in [0.15, 0.2) is 28.8 Å². The Hall–Kier alpha value is -2.05. The van der Waals surface area contributed by atoms with Crippen molar-refractivity contribution in [2.45, 2.75) is 19.4 Å². The molecule has 3 aliphatic heterocycles. The third-order valence-electron chi connectivity index (χ3n) is 6.94. The van der Waals surface area contributed by atoms with E-state index in [-0.39, 0.29) is 11.8 Å². The van der Waals surface area contributed by atoms with Gasteiger partial charge in [0.1, 0.15) is 5.69 Å². The summed E-state index contributed by atoms with van der Waals surface area (Å²) in [4.78, 5) is 17.3. The highest BCUT2D eigenvalue weighted by molar-refractivity contribution is 7.86. The van der Waals surface area contributed by atoms with E-state index in [0.717, 1.165) is 29.8 Å². The fraction of sp³-hybridized carbons (Fsp3) is 0.636. The Kier molecular flexibility index (Phi) is 6.66. The second kappa shape index (κ2) is 9.67. The molecule has 2 aromatic rings. The number of morpholine rings is 1. The SMILES string of the molecule is O=C(C1CCN(S(=O)(=O)N2CCOCC2)CC1)N1CCN(Cc2noc3ccccc23)CC1. The van der Waals surface area contributed by atoms with Crippen LogP contribution in [0.25, 0.3) is 11.0 Å². The van der Waals surface area contributed by atoms with E-state index in [9.17, 15) is 13.2 Å². The van der Waals surface area contributed by atoms with Gasteiger partial charge in [-0.3, -0.25) is 9.69 Å². The smallest absolute Gasteiger partial charge is 0.282 e. The Bertz CT molecular complexity index is 1070. The molecule has 1 amide bonds. The van der Waals surface area contributed by atoms with Gasteiger partial charge in [-0.1, -0.05) is 17.3 Å². The number of piperidine rings is 1. The average molecular weight is 478 g/mol. The van der Waals surface area contributed by atoms with Crippen molar-refractivity contribution in [3.05, 3.63) is 30.0 Å². The number of hydrogen-bond donors (Lipinski definition) is 0. The number of fused-ring (bicyclic) bond motifs is 1. The number of para-hydroxylation sites is 1. The van der Waals surface area contributed by atoms with Crippen molar-refractivity contribution in [3.63, 3.8) is 0 Å². The monoisotopic (exact) mass is 477 g/mol. The lowest BCUT2D eigenvalue weighted by molar-refractivity contribution is -0.138. The minimum Gasteiger partial charge on any atom is -0.379 e. The first kappa shape index (κ1) is 22.7. The maximum atomic E-state index is 13.1. The summed E-state index contributed by atoms with van der Waals surface area (Å²) in [6.07, 6.45) is 1.15. The molecule has 0 aliphatic carbocycles. The van der Waals surface area contributed by atoms with Crippen LogP contribution < -0.4 is 0 Å². The van der Waals surface area contributed by atoms with Gasteiger partial charge in [-0.2, -0.15) is 17.0 Å². The Labute approximate surface area is 194 Å². The molecule has 3 saturated heterocycles. The molecule has 0 saturated carbocycles. The van der Waals surface area contributed by atoms with E-state index in [2.05, 4.69) is 10.1 Å². The second-order valence-corrected chi connectivity index (χ2v) is 10.8. The normalized spacial score (nSPS) is 22.7. The summed E-state index contributed by atoms with van der Waals surface area (Å²) >= 11 is 0. The summed E-state index contributed by atoms with van der Waals surface area (Å²) in [6.45, 7) is 6.11. The van der Waals surface area contributed by atoms with E-state index in [0.29, 0.717) is 71.9 Å². The third kappa shape index (κ3) is 4.78. The van der Waals surface area contributed by atoms with Crippen molar-refractivity contribution in [2.24, 2.45) is 5.92 Å². The number of ether oxygens (including phenoxy) is 1. The minimum atomic E-state index is -3.47. The summed E-state index contributed by atoms with van der Waals surface area (Å²) in [5.41, 5.74) is 1.72. The molecule has 1 aromatic carbocycles. The van der Waals surface area contributed by atoms with Gasteiger partial charge in [0.15, 0.2) is 5.58 Å². The van der Waals surface area contributed by atoms with Gasteiger partial charge in [-0.05, 0) is 25.0 Å². The Balaban J connectivity index is 1.10. The highest BCUT2D eigenvalue weighted by Gasteiger charge is 2.37. The van der Waals surface area contributed by atoms with Gasteiger partial charge in [0, 0.05) is 70.2 Å². The molecule has 3 fully saturated rings. The van der Waals surface area contributed by atoms with Gasteiger partial charge in [-0.15, -0.1) is 0 Å². The topological polar surface area (TPSA) is 99.4 Å². The lowest BCUT2D eigenvalue weighted by atomic mass is 9.96. The minimum absolute atomic E-state index is 0.104. The van der Waals surface area contributed by atoms with Crippen molar-refractivity contribution in [2.75, 3.05) is 65.6 Å². The van der Waals surface area contributed by atoms with Gasteiger partial charge in [-0.25, -0.2) is 0 Å². The number of nitrogens with zero attached hydrogens (tertiary/aromatic N) is 5. The number of aromatic nitrogens is 1. The molecule has 0 unspecified atom stereocenters. The first-order valence-electron chi connectivity index (χ1n) is 11.7. The zero-order valence-electron chi connectivity index (χ0n) is 18.8. The van der Waals surface area contributed by atoms with Crippen molar-refractivity contribution < 1.29 is 22.5 Å². The molecule has 33 heavy (non-hydrogen) atoms. The number of benzene rings is 1. The quantitative estimate of drug-likeness (QED) is 0.627. The molecule has 0 spiro atoms. The first-order valence-corrected chi connectivity index (χ1v) is 13.1. The van der Waals surface area contributed by atoms with Crippen LogP contribution in [0, 0.1) is 5.92 Å². The van der Waals surface area contributed by atoms with Crippen LogP contribution in [0.3, 0.4) is 0 Å². The molecule has 0 radical (unpaired) electrons. The maximum absolute atomic E-state index is 13.1. The molecule has 5 rings (SSSR count). The molecule has 1 aromatic heterocycles. The van der Waals surface area contributed by atoms with Gasteiger partial charge in [0.05, 0.1) is 13.2 Å². The van der Waals surface area contributed by atoms with Gasteiger partial charge in [0.25, 0.3) is 10.2 Å². The maximum Gasteiger partial charge on any atom is 0.282 e. The molecule has 0 atom stereocenters. The van der Waals surface area contributed by atoms with E-state index in [1.165, 1.54) is 8.61 Å². The Morgan fingerprint density at radius 2 is 1.61 bits per heavy atom. The number of rotatable bonds is 5. The number of carbonyl (C=O) groups excluding carboxylic acids is 1. The second-order valence-electron chi connectivity index (χ2n) is 8.92. The van der Waals surface area contributed by atoms with Crippen LogP contribution in [0.5, 0.6) is 0 Å². The van der Waals surface area contributed by atoms with E-state index >= 15 is 0 Å². The van der Waals surface area contributed by atoms with Crippen molar-refractivity contribution in [1.82, 2.24) is 23.6 Å². The van der Waals surface area contributed by atoms with Crippen molar-refractivity contribution in [3.8, 4) is 0 Å². The highest BCUT2D eigenvalue weighted by atomic mass is 32.2. The third-order valence-corrected chi connectivity index (χ3v) is 8.97. The first-order chi connectivity index (χ1) is 16.0. The molecule has 4 heterocycles. The number of carbonyl (C=O) groups is 1. The van der Waals surface area contributed by atoms with Crippen LogP contribution in [0.1, 0.15) is 18.5 Å². The molecular weight excluding hydrogens is 446 g/mol. The van der Waals surface area contributed by atoms with Gasteiger partial charge < -0.3 is 14.2 Å². The van der Waals surface area contributed by atoms with E-state index in [4.69, 9.17) is 9.26 Å². The highest BCUT2D eigenvalue weighted by Crippen LogP contribution is 2.25. The van der Waals surface area contributed by atoms with Crippen LogP contribution >= 0.6 is 0 Å². The van der Waals surface area contributed by atoms with Crippen LogP contribution in [0.4, 0.5) is 0 Å². The van der Waals surface area contributed by atoms with E-state index < -0.39 is 10.2 Å². The molecule has 0 N–H and O–H groups in total. The van der Waals surface area contributed by atoms with Crippen LogP contribution in [0.2, 0.25) is 0 Å². The zero-order valence-corrected chi connectivity index (χ0v) is 19.6. The standard InChI is InChI=1S/C22H31N5O5S/c28-22(18-5-7-26(8-6-18)33(29,30)27-13-15-31-16-14-27)25-11-9-24(10-12-25)17-20-19-3-1-2-4-21(19)32-23-20/h1-4,18H,5-17H2. The molecule has 180 valence electrons. The summed E-state index contributed by atoms with van der Waals surface area (Å²) < 4.78 is 39.4. The van der Waals surface area contributed by atoms with Crippen molar-refractivity contribution in [1.29, 1.82) is 0 Å². The van der Waals surface area contributed by atoms with Crippen LogP contribution in [-0.2, 0) is 26.3 Å². The molecular formula is C22H31N5O5S. The molecule has 11 heteroatoms. The lowest BCUT2D eigenvalue weighted by Gasteiger charge is -2.39. The average Bonchev–Trinajstić information content (AvgIpc) is 3.27. The summed E-state index contributed by atoms with van der Waals surface area (Å²) in [5.74, 6) is 0.0529. The Morgan fingerprint density at radius 1 is 0.939 bits per heavy atom. The molecule has 0 bridgehead atoms. The predicted molar refractivity (Wildman–Crippen MR) is 121 cm³/mol. The lowest BCUT2D eigenvalue weighted by Crippen LogP contribution is -2.53. The van der Waals surface area contributed by atoms with Crippen LogP contribution in [-0.4, -0.2) is 103 Å². The summed E-state index contributed by atoms with van der Waals surface area (Å²) in [5, 5.41) is 5.25. The fourth-order valence-electron chi connectivity index (χ4n) is 4.92. The molecule has 3 aliphatic rings. The Morgan fingerprint density at radius 3 is 2.33 bits per heavy atom. The summed E-state index contributed by atoms with van der Waals surface area (Å²) in [6, 6.07) is 7.85. The van der Waals surface area contributed by atoms with E-state index in [1.54, 1.807) is 0 Å². The fourth-order valence-corrected chi connectivity index (χ4v) is 6.53. The molecule has 10 nitrogen and oxygen atoms in total. The summed E-state index contributed by atoms with van der Waals surface area (Å²) in [7, 11) is -3.47. The number of piperazine rings is 1.